The Kier molecular flexibility index (Phi) is 6.95. The molecule has 2 aromatic carbocycles. The van der Waals surface area contributed by atoms with E-state index in [9.17, 15) is 14.4 Å². The van der Waals surface area contributed by atoms with Gasteiger partial charge in [0.15, 0.2) is 16.6 Å². The van der Waals surface area contributed by atoms with Gasteiger partial charge in [0, 0.05) is 14.1 Å². The van der Waals surface area contributed by atoms with Crippen molar-refractivity contribution in [1.29, 1.82) is 0 Å². The number of amides is 2. The normalized spacial score (nSPS) is 14.0. The summed E-state index contributed by atoms with van der Waals surface area (Å²) in [5.74, 6) is -1.24. The molecule has 0 aliphatic carbocycles. The molecule has 166 valence electrons. The summed E-state index contributed by atoms with van der Waals surface area (Å²) in [6.07, 6.45) is 1.47. The molecule has 2 aromatic rings. The summed E-state index contributed by atoms with van der Waals surface area (Å²) in [5, 5.41) is 9.27. The summed E-state index contributed by atoms with van der Waals surface area (Å²) in [6, 6.07) is 9.74. The Hall–Kier alpha value is -3.24. The largest absolute Gasteiger partial charge is 0.493 e. The third-order valence-electron chi connectivity index (χ3n) is 4.76. The number of carboxylic acid groups (broad SMARTS) is 1. The number of carbonyl (C=O) groups excluding carboxylic acids is 2. The number of benzene rings is 2. The fourth-order valence-electron chi connectivity index (χ4n) is 3.05. The first-order valence-corrected chi connectivity index (χ1v) is 10.5. The zero-order valence-electron chi connectivity index (χ0n) is 17.4. The van der Waals surface area contributed by atoms with Gasteiger partial charge in [0.2, 0.25) is 0 Å². The molecule has 32 heavy (non-hydrogen) atoms. The molecule has 1 heterocycles. The Labute approximate surface area is 198 Å². The Morgan fingerprint density at radius 1 is 1.16 bits per heavy atom. The fourth-order valence-corrected chi connectivity index (χ4v) is 3.79. The Morgan fingerprint density at radius 2 is 1.81 bits per heavy atom. The summed E-state index contributed by atoms with van der Waals surface area (Å²) in [5.41, 5.74) is 1.35. The number of likely N-dealkylation sites (N-methyl/N-ethyl adjacent to an activating group) is 2. The number of ether oxygens (including phenoxy) is 2. The van der Waals surface area contributed by atoms with Crippen molar-refractivity contribution < 1.29 is 29.0 Å². The number of nitrogens with zero attached hydrogens (tertiary/aromatic N) is 2. The van der Waals surface area contributed by atoms with Gasteiger partial charge in [-0.15, -0.1) is 0 Å². The molecule has 0 atom stereocenters. The topological polar surface area (TPSA) is 96.4 Å². The SMILES string of the molecule is COc1cc(C=C2C(=O)N(C)C(=S)N(C)C2=O)cc(Br)c1OCc1cccc(C(=O)O)c1. The number of hydrogen-bond donors (Lipinski definition) is 1. The van der Waals surface area contributed by atoms with Crippen LogP contribution in [0.4, 0.5) is 0 Å². The molecule has 1 fully saturated rings. The maximum absolute atomic E-state index is 12.6. The van der Waals surface area contributed by atoms with Crippen molar-refractivity contribution in [3.8, 4) is 11.5 Å². The van der Waals surface area contributed by atoms with Crippen LogP contribution in [-0.4, -0.2) is 59.0 Å². The monoisotopic (exact) mass is 518 g/mol. The van der Waals surface area contributed by atoms with Gasteiger partial charge in [-0.2, -0.15) is 0 Å². The van der Waals surface area contributed by atoms with Crippen molar-refractivity contribution in [2.75, 3.05) is 21.2 Å². The number of carboxylic acids is 1. The second kappa shape index (κ2) is 9.49. The van der Waals surface area contributed by atoms with Crippen molar-refractivity contribution in [3.63, 3.8) is 0 Å². The maximum Gasteiger partial charge on any atom is 0.335 e. The van der Waals surface area contributed by atoms with Gasteiger partial charge in [-0.05, 0) is 69.6 Å². The average Bonchev–Trinajstić information content (AvgIpc) is 2.78. The second-order valence-corrected chi connectivity index (χ2v) is 8.12. The Balaban J connectivity index is 1.90. The lowest BCUT2D eigenvalue weighted by molar-refractivity contribution is -0.132. The molecule has 2 amide bonds. The molecular formula is C22H19BrN2O6S. The van der Waals surface area contributed by atoms with Crippen molar-refractivity contribution in [1.82, 2.24) is 9.80 Å². The van der Waals surface area contributed by atoms with Gasteiger partial charge in [-0.25, -0.2) is 4.79 Å². The molecule has 10 heteroatoms. The van der Waals surface area contributed by atoms with Crippen LogP contribution in [0.15, 0.2) is 46.4 Å². The number of thiocarbonyl (C=S) groups is 1. The highest BCUT2D eigenvalue weighted by atomic mass is 79.9. The molecule has 0 aromatic heterocycles. The first-order valence-electron chi connectivity index (χ1n) is 9.28. The highest BCUT2D eigenvalue weighted by Crippen LogP contribution is 2.38. The van der Waals surface area contributed by atoms with Crippen LogP contribution in [0.5, 0.6) is 11.5 Å². The van der Waals surface area contributed by atoms with Gasteiger partial charge < -0.3 is 14.6 Å². The van der Waals surface area contributed by atoms with E-state index in [0.29, 0.717) is 27.1 Å². The van der Waals surface area contributed by atoms with E-state index in [1.165, 1.54) is 49.2 Å². The molecule has 0 unspecified atom stereocenters. The molecule has 0 bridgehead atoms. The molecule has 1 saturated heterocycles. The van der Waals surface area contributed by atoms with E-state index < -0.39 is 17.8 Å². The Bertz CT molecular complexity index is 1140. The number of methoxy groups -OCH3 is 1. The minimum Gasteiger partial charge on any atom is -0.493 e. The maximum atomic E-state index is 12.6. The third kappa shape index (κ3) is 4.66. The lowest BCUT2D eigenvalue weighted by Gasteiger charge is -2.31. The smallest absolute Gasteiger partial charge is 0.335 e. The standard InChI is InChI=1S/C22H19BrN2O6S/c1-24-19(26)15(20(27)25(2)22(24)32)8-13-9-16(23)18(17(10-13)30-3)31-11-12-5-4-6-14(7-12)21(28)29/h4-10H,11H2,1-3H3,(H,28,29). The van der Waals surface area contributed by atoms with Gasteiger partial charge in [0.25, 0.3) is 11.8 Å². The Morgan fingerprint density at radius 3 is 2.41 bits per heavy atom. The number of carbonyl (C=O) groups is 3. The number of rotatable bonds is 6. The minimum absolute atomic E-state index is 0.0308. The summed E-state index contributed by atoms with van der Waals surface area (Å²) >= 11 is 8.54. The van der Waals surface area contributed by atoms with Gasteiger partial charge in [0.05, 0.1) is 17.1 Å². The highest BCUT2D eigenvalue weighted by Gasteiger charge is 2.35. The summed E-state index contributed by atoms with van der Waals surface area (Å²) in [4.78, 5) is 38.7. The lowest BCUT2D eigenvalue weighted by atomic mass is 10.1. The first-order chi connectivity index (χ1) is 15.1. The zero-order chi connectivity index (χ0) is 23.6. The van der Waals surface area contributed by atoms with E-state index in [1.807, 2.05) is 0 Å². The molecule has 1 aliphatic heterocycles. The van der Waals surface area contributed by atoms with Gasteiger partial charge in [-0.1, -0.05) is 12.1 Å². The van der Waals surface area contributed by atoms with Crippen LogP contribution in [-0.2, 0) is 16.2 Å². The van der Waals surface area contributed by atoms with E-state index in [2.05, 4.69) is 15.9 Å². The molecule has 0 saturated carbocycles. The van der Waals surface area contributed by atoms with Gasteiger partial charge in [0.1, 0.15) is 12.2 Å². The van der Waals surface area contributed by atoms with Crippen LogP contribution in [0, 0.1) is 0 Å². The number of hydrogen-bond acceptors (Lipinski definition) is 6. The molecular weight excluding hydrogens is 500 g/mol. The van der Waals surface area contributed by atoms with Crippen LogP contribution in [0.1, 0.15) is 21.5 Å². The molecule has 1 N–H and O–H groups in total. The van der Waals surface area contributed by atoms with E-state index in [1.54, 1.807) is 24.3 Å². The zero-order valence-corrected chi connectivity index (χ0v) is 19.8. The average molecular weight is 519 g/mol. The van der Waals surface area contributed by atoms with E-state index in [-0.39, 0.29) is 22.9 Å². The van der Waals surface area contributed by atoms with Crippen LogP contribution >= 0.6 is 28.1 Å². The van der Waals surface area contributed by atoms with Crippen molar-refractivity contribution in [2.24, 2.45) is 0 Å². The summed E-state index contributed by atoms with van der Waals surface area (Å²) in [6.45, 7) is 0.112. The minimum atomic E-state index is -1.02. The van der Waals surface area contributed by atoms with Crippen molar-refractivity contribution >= 4 is 57.1 Å². The third-order valence-corrected chi connectivity index (χ3v) is 5.90. The van der Waals surface area contributed by atoms with Crippen molar-refractivity contribution in [3.05, 3.63) is 63.1 Å². The summed E-state index contributed by atoms with van der Waals surface area (Å²) in [7, 11) is 4.48. The first kappa shape index (κ1) is 23.4. The molecule has 1 aliphatic rings. The second-order valence-electron chi connectivity index (χ2n) is 6.90. The lowest BCUT2D eigenvalue weighted by Crippen LogP contribution is -2.52. The quantitative estimate of drug-likeness (QED) is 0.355. The van der Waals surface area contributed by atoms with Gasteiger partial charge >= 0.3 is 5.97 Å². The predicted molar refractivity (Wildman–Crippen MR) is 125 cm³/mol. The van der Waals surface area contributed by atoms with Crippen LogP contribution in [0.25, 0.3) is 6.08 Å². The molecule has 0 spiro atoms. The van der Waals surface area contributed by atoms with Crippen molar-refractivity contribution in [2.45, 2.75) is 6.61 Å². The van der Waals surface area contributed by atoms with E-state index >= 15 is 0 Å². The van der Waals surface area contributed by atoms with Crippen LogP contribution in [0.3, 0.4) is 0 Å². The number of halogens is 1. The highest BCUT2D eigenvalue weighted by molar-refractivity contribution is 9.10. The predicted octanol–water partition coefficient (Wildman–Crippen LogP) is 3.33. The summed E-state index contributed by atoms with van der Waals surface area (Å²) < 4.78 is 11.8. The number of aromatic carboxylic acids is 1. The molecule has 8 nitrogen and oxygen atoms in total. The van der Waals surface area contributed by atoms with Crippen LogP contribution < -0.4 is 9.47 Å². The molecule has 3 rings (SSSR count). The molecule has 0 radical (unpaired) electrons. The fraction of sp³-hybridized carbons (Fsp3) is 0.182. The van der Waals surface area contributed by atoms with E-state index in [0.717, 1.165) is 0 Å². The van der Waals surface area contributed by atoms with Gasteiger partial charge in [-0.3, -0.25) is 19.4 Å². The van der Waals surface area contributed by atoms with E-state index in [4.69, 9.17) is 26.8 Å². The van der Waals surface area contributed by atoms with Crippen LogP contribution in [0.2, 0.25) is 0 Å².